The molecule has 5 heteroatoms. The van der Waals surface area contributed by atoms with Gasteiger partial charge < -0.3 is 4.98 Å². The second-order valence-electron chi connectivity index (χ2n) is 3.35. The summed E-state index contributed by atoms with van der Waals surface area (Å²) in [6.45, 7) is 0. The molecule has 2 aromatic rings. The van der Waals surface area contributed by atoms with E-state index >= 15 is 0 Å². The number of halogens is 1. The first-order valence-corrected chi connectivity index (χ1v) is 6.09. The number of fused-ring (bicyclic) bond motifs is 1. The fourth-order valence-corrected chi connectivity index (χ4v) is 2.03. The summed E-state index contributed by atoms with van der Waals surface area (Å²) in [6, 6.07) is 7.52. The molecule has 0 spiro atoms. The molecule has 1 N–H and O–H groups in total. The maximum absolute atomic E-state index is 12.3. The van der Waals surface area contributed by atoms with Crippen molar-refractivity contribution in [2.24, 2.45) is 0 Å². The summed E-state index contributed by atoms with van der Waals surface area (Å²) in [5.41, 5.74) is 1.76. The van der Waals surface area contributed by atoms with Crippen LogP contribution in [0.25, 0.3) is 10.9 Å². The number of aryl methyl sites for hydroxylation is 1. The van der Waals surface area contributed by atoms with Crippen LogP contribution in [-0.2, 0) is 16.6 Å². The number of rotatable bonds is 3. The van der Waals surface area contributed by atoms with E-state index in [1.807, 2.05) is 24.3 Å². The molecule has 0 unspecified atom stereocenters. The number of nitrogens with one attached hydrogen (secondary N) is 1. The van der Waals surface area contributed by atoms with Crippen LogP contribution in [0.4, 0.5) is 3.89 Å². The largest absolute Gasteiger partial charge is 0.361 e. The lowest BCUT2D eigenvalue weighted by Gasteiger charge is -1.95. The molecule has 2 rings (SSSR count). The zero-order valence-corrected chi connectivity index (χ0v) is 8.72. The van der Waals surface area contributed by atoms with Crippen molar-refractivity contribution >= 4 is 21.1 Å². The predicted molar refractivity (Wildman–Crippen MR) is 56.9 cm³/mol. The van der Waals surface area contributed by atoms with Gasteiger partial charge in [-0.3, -0.25) is 0 Å². The van der Waals surface area contributed by atoms with Gasteiger partial charge >= 0.3 is 10.2 Å². The van der Waals surface area contributed by atoms with Crippen LogP contribution < -0.4 is 0 Å². The number of para-hydroxylation sites is 1. The summed E-state index contributed by atoms with van der Waals surface area (Å²) < 4.78 is 33.1. The molecule has 1 aromatic carbocycles. The molecule has 1 aromatic heterocycles. The van der Waals surface area contributed by atoms with Gasteiger partial charge in [0.05, 0.1) is 5.75 Å². The summed E-state index contributed by atoms with van der Waals surface area (Å²) in [5.74, 6) is -0.463. The highest BCUT2D eigenvalue weighted by Crippen LogP contribution is 2.18. The molecular formula is C10H10FNO2S. The number of aromatic amines is 1. The highest BCUT2D eigenvalue weighted by molar-refractivity contribution is 7.86. The van der Waals surface area contributed by atoms with Crippen LogP contribution in [0.15, 0.2) is 30.5 Å². The average Bonchev–Trinajstić information content (AvgIpc) is 2.57. The van der Waals surface area contributed by atoms with Gasteiger partial charge in [0.25, 0.3) is 0 Å². The number of aromatic nitrogens is 1. The lowest BCUT2D eigenvalue weighted by atomic mass is 10.1. The molecule has 0 aliphatic heterocycles. The predicted octanol–water partition coefficient (Wildman–Crippen LogP) is 2.01. The van der Waals surface area contributed by atoms with E-state index in [1.54, 1.807) is 6.20 Å². The molecular weight excluding hydrogens is 217 g/mol. The first-order chi connectivity index (χ1) is 7.06. The summed E-state index contributed by atoms with van der Waals surface area (Å²) >= 11 is 0. The molecule has 0 aliphatic carbocycles. The topological polar surface area (TPSA) is 49.9 Å². The van der Waals surface area contributed by atoms with Gasteiger partial charge in [-0.2, -0.15) is 8.42 Å². The van der Waals surface area contributed by atoms with Crippen molar-refractivity contribution in [1.29, 1.82) is 0 Å². The van der Waals surface area contributed by atoms with Gasteiger partial charge in [0.1, 0.15) is 0 Å². The van der Waals surface area contributed by atoms with Crippen molar-refractivity contribution in [3.63, 3.8) is 0 Å². The van der Waals surface area contributed by atoms with Crippen LogP contribution in [-0.4, -0.2) is 19.2 Å². The molecule has 0 saturated carbocycles. The van der Waals surface area contributed by atoms with Crippen LogP contribution in [0.3, 0.4) is 0 Å². The Kier molecular flexibility index (Phi) is 2.48. The van der Waals surface area contributed by atoms with E-state index in [0.29, 0.717) is 0 Å². The maximum Gasteiger partial charge on any atom is 0.302 e. The Morgan fingerprint density at radius 1 is 1.27 bits per heavy atom. The molecule has 0 fully saturated rings. The number of hydrogen-bond donors (Lipinski definition) is 1. The molecule has 3 nitrogen and oxygen atoms in total. The van der Waals surface area contributed by atoms with Crippen LogP contribution in [0, 0.1) is 0 Å². The second-order valence-corrected chi connectivity index (χ2v) is 4.84. The molecule has 1 heterocycles. The minimum Gasteiger partial charge on any atom is -0.361 e. The van der Waals surface area contributed by atoms with Gasteiger partial charge in [-0.1, -0.05) is 18.2 Å². The highest BCUT2D eigenvalue weighted by Gasteiger charge is 2.09. The van der Waals surface area contributed by atoms with E-state index in [4.69, 9.17) is 0 Å². The normalized spacial score (nSPS) is 12.1. The Hall–Kier alpha value is -1.36. The first kappa shape index (κ1) is 10.2. The number of benzene rings is 1. The van der Waals surface area contributed by atoms with Crippen LogP contribution >= 0.6 is 0 Å². The molecule has 0 amide bonds. The van der Waals surface area contributed by atoms with Gasteiger partial charge in [0, 0.05) is 17.1 Å². The zero-order chi connectivity index (χ0) is 10.9. The minimum absolute atomic E-state index is 0.197. The van der Waals surface area contributed by atoms with Gasteiger partial charge in [0.15, 0.2) is 0 Å². The summed E-state index contributed by atoms with van der Waals surface area (Å²) in [7, 11) is -4.38. The highest BCUT2D eigenvalue weighted by atomic mass is 32.3. The van der Waals surface area contributed by atoms with Gasteiger partial charge in [-0.05, 0) is 18.1 Å². The van der Waals surface area contributed by atoms with Gasteiger partial charge in [0.2, 0.25) is 0 Å². The second kappa shape index (κ2) is 3.66. The van der Waals surface area contributed by atoms with E-state index in [-0.39, 0.29) is 6.42 Å². The third-order valence-electron chi connectivity index (χ3n) is 2.29. The Morgan fingerprint density at radius 2 is 2.00 bits per heavy atom. The maximum atomic E-state index is 12.3. The van der Waals surface area contributed by atoms with E-state index in [9.17, 15) is 12.3 Å². The van der Waals surface area contributed by atoms with Crippen molar-refractivity contribution in [2.45, 2.75) is 6.42 Å². The molecule has 0 atom stereocenters. The van der Waals surface area contributed by atoms with Crippen LogP contribution in [0.5, 0.6) is 0 Å². The number of hydrogen-bond acceptors (Lipinski definition) is 2. The zero-order valence-electron chi connectivity index (χ0n) is 7.90. The van der Waals surface area contributed by atoms with Crippen LogP contribution in [0.1, 0.15) is 5.56 Å². The van der Waals surface area contributed by atoms with E-state index in [0.717, 1.165) is 16.5 Å². The average molecular weight is 227 g/mol. The summed E-state index contributed by atoms with van der Waals surface area (Å²) in [6.07, 6.45) is 1.92. The Morgan fingerprint density at radius 3 is 2.73 bits per heavy atom. The molecule has 0 aliphatic rings. The Bertz CT molecular complexity index is 574. The summed E-state index contributed by atoms with van der Waals surface area (Å²) in [4.78, 5) is 3.01. The lowest BCUT2D eigenvalue weighted by molar-refractivity contribution is 0.551. The van der Waals surface area contributed by atoms with Crippen molar-refractivity contribution < 1.29 is 12.3 Å². The third kappa shape index (κ3) is 2.36. The number of H-pyrrole nitrogens is 1. The van der Waals surface area contributed by atoms with E-state index in [2.05, 4.69) is 4.98 Å². The minimum atomic E-state index is -4.38. The SMILES string of the molecule is O=S(=O)(F)CCc1c[nH]c2ccccc12. The molecule has 80 valence electrons. The van der Waals surface area contributed by atoms with Crippen molar-refractivity contribution in [3.05, 3.63) is 36.0 Å². The fraction of sp³-hybridized carbons (Fsp3) is 0.200. The van der Waals surface area contributed by atoms with Crippen molar-refractivity contribution in [3.8, 4) is 0 Å². The molecule has 0 saturated heterocycles. The van der Waals surface area contributed by atoms with Crippen molar-refractivity contribution in [2.75, 3.05) is 5.75 Å². The monoisotopic (exact) mass is 227 g/mol. The van der Waals surface area contributed by atoms with Gasteiger partial charge in [-0.15, -0.1) is 3.89 Å². The van der Waals surface area contributed by atoms with Crippen molar-refractivity contribution in [1.82, 2.24) is 4.98 Å². The Labute approximate surface area is 87.1 Å². The molecule has 0 bridgehead atoms. The molecule has 15 heavy (non-hydrogen) atoms. The van der Waals surface area contributed by atoms with Crippen LogP contribution in [0.2, 0.25) is 0 Å². The fourth-order valence-electron chi connectivity index (χ4n) is 1.57. The standard InChI is InChI=1S/C10H10FNO2S/c11-15(13,14)6-5-8-7-12-10-4-2-1-3-9(8)10/h1-4,7,12H,5-6H2. The van der Waals surface area contributed by atoms with Gasteiger partial charge in [-0.25, -0.2) is 0 Å². The summed E-state index contributed by atoms with van der Waals surface area (Å²) in [5, 5.41) is 0.946. The first-order valence-electron chi connectivity index (χ1n) is 4.53. The Balaban J connectivity index is 2.29. The van der Waals surface area contributed by atoms with E-state index in [1.165, 1.54) is 0 Å². The molecule has 0 radical (unpaired) electrons. The van der Waals surface area contributed by atoms with E-state index < -0.39 is 16.0 Å². The lowest BCUT2D eigenvalue weighted by Crippen LogP contribution is -2.01. The third-order valence-corrected chi connectivity index (χ3v) is 2.98. The smallest absolute Gasteiger partial charge is 0.302 e. The quantitative estimate of drug-likeness (QED) is 0.815.